The molecule has 2 heterocycles. The zero-order chi connectivity index (χ0) is 17.6. The first-order valence-electron chi connectivity index (χ1n) is 9.62. The Balaban J connectivity index is 1.56. The van der Waals surface area contributed by atoms with Gasteiger partial charge < -0.3 is 9.80 Å². The second-order valence-corrected chi connectivity index (χ2v) is 7.36. The molecular formula is C20H29N3O2. The van der Waals surface area contributed by atoms with E-state index in [1.54, 1.807) is 11.1 Å². The highest BCUT2D eigenvalue weighted by molar-refractivity contribution is 5.89. The van der Waals surface area contributed by atoms with E-state index in [9.17, 15) is 9.59 Å². The normalized spacial score (nSPS) is 21.3. The minimum Gasteiger partial charge on any atom is -0.344 e. The molecule has 2 amide bonds. The molecule has 1 aliphatic heterocycles. The predicted octanol–water partition coefficient (Wildman–Crippen LogP) is 2.65. The molecule has 0 aromatic carbocycles. The topological polar surface area (TPSA) is 53.5 Å². The Kier molecular flexibility index (Phi) is 6.05. The minimum atomic E-state index is -0.261. The molecule has 0 bridgehead atoms. The van der Waals surface area contributed by atoms with Gasteiger partial charge in [-0.3, -0.25) is 14.6 Å². The number of likely N-dealkylation sites (N-methyl/N-ethyl adjacent to an activating group) is 1. The second-order valence-electron chi connectivity index (χ2n) is 7.36. The van der Waals surface area contributed by atoms with Crippen LogP contribution in [0.25, 0.3) is 0 Å². The SMILES string of the molecule is CN(CCc1ccccn1)C(=O)[C@H]1CCCN1C(=O)C1CCCCC1. The van der Waals surface area contributed by atoms with E-state index in [0.717, 1.165) is 57.2 Å². The third-order valence-corrected chi connectivity index (χ3v) is 5.58. The van der Waals surface area contributed by atoms with Crippen molar-refractivity contribution in [1.82, 2.24) is 14.8 Å². The zero-order valence-corrected chi connectivity index (χ0v) is 15.2. The van der Waals surface area contributed by atoms with E-state index >= 15 is 0 Å². The molecule has 1 saturated heterocycles. The molecule has 0 N–H and O–H groups in total. The minimum absolute atomic E-state index is 0.0811. The number of carbonyl (C=O) groups is 2. The first-order chi connectivity index (χ1) is 12.2. The van der Waals surface area contributed by atoms with Crippen LogP contribution in [0.4, 0.5) is 0 Å². The number of hydrogen-bond donors (Lipinski definition) is 0. The Hall–Kier alpha value is -1.91. The van der Waals surface area contributed by atoms with Crippen molar-refractivity contribution < 1.29 is 9.59 Å². The molecule has 1 saturated carbocycles. The van der Waals surface area contributed by atoms with Crippen molar-refractivity contribution in [1.29, 1.82) is 0 Å². The van der Waals surface area contributed by atoms with Gasteiger partial charge in [0, 0.05) is 44.4 Å². The number of amides is 2. The fourth-order valence-electron chi connectivity index (χ4n) is 4.06. The lowest BCUT2D eigenvalue weighted by molar-refractivity contribution is -0.146. The van der Waals surface area contributed by atoms with Gasteiger partial charge in [-0.15, -0.1) is 0 Å². The van der Waals surface area contributed by atoms with Crippen molar-refractivity contribution in [2.45, 2.75) is 57.4 Å². The second kappa shape index (κ2) is 8.45. The molecule has 0 unspecified atom stereocenters. The molecule has 5 nitrogen and oxygen atoms in total. The molecule has 25 heavy (non-hydrogen) atoms. The van der Waals surface area contributed by atoms with E-state index in [1.165, 1.54) is 6.42 Å². The molecule has 2 aliphatic rings. The molecule has 2 fully saturated rings. The Morgan fingerprint density at radius 1 is 1.16 bits per heavy atom. The molecule has 1 aliphatic carbocycles. The van der Waals surface area contributed by atoms with Gasteiger partial charge in [0.25, 0.3) is 0 Å². The Morgan fingerprint density at radius 2 is 1.96 bits per heavy atom. The van der Waals surface area contributed by atoms with Crippen LogP contribution in [0.5, 0.6) is 0 Å². The quantitative estimate of drug-likeness (QED) is 0.826. The summed E-state index contributed by atoms with van der Waals surface area (Å²) >= 11 is 0. The fraction of sp³-hybridized carbons (Fsp3) is 0.650. The number of hydrogen-bond acceptors (Lipinski definition) is 3. The smallest absolute Gasteiger partial charge is 0.245 e. The summed E-state index contributed by atoms with van der Waals surface area (Å²) in [6.07, 6.45) is 9.76. The highest BCUT2D eigenvalue weighted by atomic mass is 16.2. The largest absolute Gasteiger partial charge is 0.344 e. The number of aromatic nitrogens is 1. The van der Waals surface area contributed by atoms with Crippen LogP contribution in [0.2, 0.25) is 0 Å². The maximum absolute atomic E-state index is 12.9. The van der Waals surface area contributed by atoms with E-state index in [2.05, 4.69) is 4.98 Å². The Bertz CT molecular complexity index is 584. The summed E-state index contributed by atoms with van der Waals surface area (Å²) in [4.78, 5) is 33.7. The molecule has 5 heteroatoms. The summed E-state index contributed by atoms with van der Waals surface area (Å²) in [6.45, 7) is 1.37. The van der Waals surface area contributed by atoms with E-state index in [-0.39, 0.29) is 23.8 Å². The molecule has 1 aromatic heterocycles. The van der Waals surface area contributed by atoms with Crippen LogP contribution in [0.3, 0.4) is 0 Å². The van der Waals surface area contributed by atoms with E-state index in [1.807, 2.05) is 30.1 Å². The molecule has 3 rings (SSSR count). The van der Waals surface area contributed by atoms with Crippen molar-refractivity contribution >= 4 is 11.8 Å². The first kappa shape index (κ1) is 17.9. The molecule has 1 atom stereocenters. The van der Waals surface area contributed by atoms with Crippen molar-refractivity contribution in [2.75, 3.05) is 20.1 Å². The lowest BCUT2D eigenvalue weighted by Gasteiger charge is -2.32. The van der Waals surface area contributed by atoms with Gasteiger partial charge >= 0.3 is 0 Å². The number of nitrogens with zero attached hydrogens (tertiary/aromatic N) is 3. The molecule has 1 aromatic rings. The van der Waals surface area contributed by atoms with E-state index in [0.29, 0.717) is 6.54 Å². The number of likely N-dealkylation sites (tertiary alicyclic amines) is 1. The van der Waals surface area contributed by atoms with E-state index in [4.69, 9.17) is 0 Å². The lowest BCUT2D eigenvalue weighted by Crippen LogP contribution is -2.49. The number of pyridine rings is 1. The molecule has 136 valence electrons. The average molecular weight is 343 g/mol. The first-order valence-corrected chi connectivity index (χ1v) is 9.62. The predicted molar refractivity (Wildman–Crippen MR) is 96.9 cm³/mol. The molecule has 0 radical (unpaired) electrons. The summed E-state index contributed by atoms with van der Waals surface area (Å²) in [6, 6.07) is 5.58. The van der Waals surface area contributed by atoms with Gasteiger partial charge in [0.15, 0.2) is 0 Å². The molecule has 0 spiro atoms. The Labute approximate surface area is 150 Å². The van der Waals surface area contributed by atoms with Crippen LogP contribution < -0.4 is 0 Å². The van der Waals surface area contributed by atoms with Crippen molar-refractivity contribution in [3.8, 4) is 0 Å². The monoisotopic (exact) mass is 343 g/mol. The summed E-state index contributed by atoms with van der Waals surface area (Å²) in [5.74, 6) is 0.437. The highest BCUT2D eigenvalue weighted by Gasteiger charge is 2.38. The van der Waals surface area contributed by atoms with Crippen molar-refractivity contribution in [3.05, 3.63) is 30.1 Å². The summed E-state index contributed by atoms with van der Waals surface area (Å²) in [7, 11) is 1.84. The van der Waals surface area contributed by atoms with Gasteiger partial charge in [-0.2, -0.15) is 0 Å². The summed E-state index contributed by atoms with van der Waals surface area (Å²) in [5.41, 5.74) is 0.990. The van der Waals surface area contributed by atoms with Crippen LogP contribution in [-0.2, 0) is 16.0 Å². The van der Waals surface area contributed by atoms with Crippen LogP contribution in [-0.4, -0.2) is 52.8 Å². The van der Waals surface area contributed by atoms with Crippen molar-refractivity contribution in [2.24, 2.45) is 5.92 Å². The van der Waals surface area contributed by atoms with Crippen molar-refractivity contribution in [3.63, 3.8) is 0 Å². The molecular weight excluding hydrogens is 314 g/mol. The van der Waals surface area contributed by atoms with Gasteiger partial charge in [0.1, 0.15) is 6.04 Å². The average Bonchev–Trinajstić information content (AvgIpc) is 3.16. The van der Waals surface area contributed by atoms with E-state index < -0.39 is 0 Å². The number of rotatable bonds is 5. The highest BCUT2D eigenvalue weighted by Crippen LogP contribution is 2.29. The third kappa shape index (κ3) is 4.39. The van der Waals surface area contributed by atoms with Crippen LogP contribution in [0.1, 0.15) is 50.6 Å². The van der Waals surface area contributed by atoms with Gasteiger partial charge in [-0.1, -0.05) is 25.3 Å². The lowest BCUT2D eigenvalue weighted by atomic mass is 9.88. The van der Waals surface area contributed by atoms with Crippen LogP contribution in [0.15, 0.2) is 24.4 Å². The van der Waals surface area contributed by atoms with Gasteiger partial charge in [0.05, 0.1) is 0 Å². The van der Waals surface area contributed by atoms with Crippen LogP contribution >= 0.6 is 0 Å². The third-order valence-electron chi connectivity index (χ3n) is 5.58. The van der Waals surface area contributed by atoms with Gasteiger partial charge in [-0.25, -0.2) is 0 Å². The zero-order valence-electron chi connectivity index (χ0n) is 15.2. The standard InChI is InChI=1S/C20H29N3O2/c1-22(15-12-17-10-5-6-13-21-17)20(25)18-11-7-14-23(18)19(24)16-8-3-2-4-9-16/h5-6,10,13,16,18H,2-4,7-9,11-12,14-15H2,1H3/t18-/m1/s1. The summed E-state index contributed by atoms with van der Waals surface area (Å²) in [5, 5.41) is 0. The maximum atomic E-state index is 12.9. The van der Waals surface area contributed by atoms with Gasteiger partial charge in [-0.05, 0) is 37.8 Å². The Morgan fingerprint density at radius 3 is 2.68 bits per heavy atom. The number of carbonyl (C=O) groups excluding carboxylic acids is 2. The fourth-order valence-corrected chi connectivity index (χ4v) is 4.06. The van der Waals surface area contributed by atoms with Gasteiger partial charge in [0.2, 0.25) is 11.8 Å². The van der Waals surface area contributed by atoms with Crippen LogP contribution in [0, 0.1) is 5.92 Å². The maximum Gasteiger partial charge on any atom is 0.245 e. The summed E-state index contributed by atoms with van der Waals surface area (Å²) < 4.78 is 0.